The maximum Gasteiger partial charge on any atom is 0.317 e. The lowest BCUT2D eigenvalue weighted by molar-refractivity contribution is -0.116. The number of para-hydroxylation sites is 1. The SMILES string of the molecule is O=C1Nc2ccccc2C(c2ccccc2)=NC1Nc1nnc(-c2cccnc2N2CCCCC2)o1. The molecule has 1 saturated heterocycles. The van der Waals surface area contributed by atoms with Crippen LogP contribution in [0.25, 0.3) is 11.5 Å². The standard InChI is InChI=1S/C27H25N7O2/c35-25-23(30-22(18-10-3-1-4-11-18)19-12-5-6-14-21(19)29-25)31-27-33-32-26(36-27)20-13-9-15-28-24(20)34-16-7-2-8-17-34/h1,3-6,9-15,23H,2,7-8,16-17H2,(H,29,35)(H,31,33). The Balaban J connectivity index is 1.32. The maximum absolute atomic E-state index is 13.1. The Morgan fingerprint density at radius 1 is 0.889 bits per heavy atom. The Hall–Kier alpha value is -4.53. The Morgan fingerprint density at radius 3 is 2.53 bits per heavy atom. The number of pyridine rings is 1. The molecule has 2 aliphatic rings. The van der Waals surface area contributed by atoms with E-state index in [4.69, 9.17) is 9.41 Å². The van der Waals surface area contributed by atoms with Gasteiger partial charge in [-0.1, -0.05) is 53.6 Å². The predicted octanol–water partition coefficient (Wildman–Crippen LogP) is 4.35. The Bertz CT molecular complexity index is 1410. The molecule has 4 heterocycles. The summed E-state index contributed by atoms with van der Waals surface area (Å²) in [6.07, 6.45) is 4.31. The summed E-state index contributed by atoms with van der Waals surface area (Å²) in [7, 11) is 0. The first-order chi connectivity index (χ1) is 17.8. The molecule has 9 heteroatoms. The third kappa shape index (κ3) is 4.31. The molecular weight excluding hydrogens is 454 g/mol. The number of fused-ring (bicyclic) bond motifs is 1. The topological polar surface area (TPSA) is 109 Å². The second kappa shape index (κ2) is 9.61. The van der Waals surface area contributed by atoms with Gasteiger partial charge in [0.05, 0.1) is 17.0 Å². The number of nitrogens with zero attached hydrogens (tertiary/aromatic N) is 5. The van der Waals surface area contributed by atoms with Gasteiger partial charge in [0.25, 0.3) is 11.8 Å². The lowest BCUT2D eigenvalue weighted by Gasteiger charge is -2.28. The first-order valence-electron chi connectivity index (χ1n) is 12.1. The molecule has 2 aliphatic heterocycles. The van der Waals surface area contributed by atoms with Crippen molar-refractivity contribution in [1.82, 2.24) is 15.2 Å². The van der Waals surface area contributed by atoms with Crippen LogP contribution in [0.15, 0.2) is 82.3 Å². The lowest BCUT2D eigenvalue weighted by atomic mass is 10.0. The normalized spacial score (nSPS) is 17.6. The first-order valence-corrected chi connectivity index (χ1v) is 12.1. The summed E-state index contributed by atoms with van der Waals surface area (Å²) in [5.41, 5.74) is 3.91. The van der Waals surface area contributed by atoms with Gasteiger partial charge in [0, 0.05) is 30.4 Å². The second-order valence-corrected chi connectivity index (χ2v) is 8.76. The van der Waals surface area contributed by atoms with Crippen LogP contribution in [0.4, 0.5) is 17.5 Å². The van der Waals surface area contributed by atoms with Gasteiger partial charge in [0.2, 0.25) is 6.17 Å². The third-order valence-electron chi connectivity index (χ3n) is 6.35. The van der Waals surface area contributed by atoms with E-state index in [1.807, 2.05) is 66.7 Å². The maximum atomic E-state index is 13.1. The van der Waals surface area contributed by atoms with E-state index >= 15 is 0 Å². The van der Waals surface area contributed by atoms with Gasteiger partial charge in [-0.15, -0.1) is 5.10 Å². The van der Waals surface area contributed by atoms with E-state index in [1.165, 1.54) is 6.42 Å². The van der Waals surface area contributed by atoms with E-state index in [0.29, 0.717) is 17.3 Å². The summed E-state index contributed by atoms with van der Waals surface area (Å²) in [5, 5.41) is 14.4. The molecule has 9 nitrogen and oxygen atoms in total. The number of hydrogen-bond acceptors (Lipinski definition) is 8. The van der Waals surface area contributed by atoms with Gasteiger partial charge in [-0.25, -0.2) is 9.98 Å². The number of rotatable bonds is 5. The van der Waals surface area contributed by atoms with Crippen molar-refractivity contribution in [2.24, 2.45) is 4.99 Å². The van der Waals surface area contributed by atoms with Gasteiger partial charge in [-0.05, 0) is 37.5 Å². The summed E-state index contributed by atoms with van der Waals surface area (Å²) in [5.74, 6) is 0.860. The van der Waals surface area contributed by atoms with Gasteiger partial charge in [0.1, 0.15) is 5.82 Å². The molecule has 1 unspecified atom stereocenters. The van der Waals surface area contributed by atoms with E-state index in [9.17, 15) is 4.79 Å². The van der Waals surface area contributed by atoms with Crippen LogP contribution in [-0.4, -0.2) is 46.1 Å². The minimum Gasteiger partial charge on any atom is -0.403 e. The highest BCUT2D eigenvalue weighted by atomic mass is 16.4. The van der Waals surface area contributed by atoms with Crippen LogP contribution in [0.1, 0.15) is 30.4 Å². The quantitative estimate of drug-likeness (QED) is 0.438. The molecule has 0 spiro atoms. The molecule has 2 aromatic carbocycles. The molecule has 0 bridgehead atoms. The lowest BCUT2D eigenvalue weighted by Crippen LogP contribution is -2.32. The van der Waals surface area contributed by atoms with Crippen LogP contribution >= 0.6 is 0 Å². The van der Waals surface area contributed by atoms with Crippen molar-refractivity contribution in [3.05, 3.63) is 84.1 Å². The number of benzodiazepines with no additional fused rings is 1. The van der Waals surface area contributed by atoms with Crippen molar-refractivity contribution in [3.8, 4) is 11.5 Å². The summed E-state index contributed by atoms with van der Waals surface area (Å²) < 4.78 is 5.96. The molecule has 36 heavy (non-hydrogen) atoms. The molecular formula is C27H25N7O2. The number of carbonyl (C=O) groups is 1. The zero-order chi connectivity index (χ0) is 24.3. The third-order valence-corrected chi connectivity index (χ3v) is 6.35. The van der Waals surface area contributed by atoms with Crippen molar-refractivity contribution in [3.63, 3.8) is 0 Å². The summed E-state index contributed by atoms with van der Waals surface area (Å²) >= 11 is 0. The molecule has 180 valence electrons. The number of nitrogens with one attached hydrogen (secondary N) is 2. The molecule has 0 radical (unpaired) electrons. The monoisotopic (exact) mass is 479 g/mol. The summed E-state index contributed by atoms with van der Waals surface area (Å²) in [6, 6.07) is 21.3. The minimum atomic E-state index is -0.962. The van der Waals surface area contributed by atoms with Gasteiger partial charge in [-0.2, -0.15) is 0 Å². The van der Waals surface area contributed by atoms with Crippen LogP contribution in [-0.2, 0) is 4.79 Å². The van der Waals surface area contributed by atoms with E-state index in [1.54, 1.807) is 6.20 Å². The number of anilines is 3. The molecule has 6 rings (SSSR count). The molecule has 1 fully saturated rings. The highest BCUT2D eigenvalue weighted by Gasteiger charge is 2.27. The highest BCUT2D eigenvalue weighted by molar-refractivity contribution is 6.19. The van der Waals surface area contributed by atoms with Crippen molar-refractivity contribution >= 4 is 29.1 Å². The fourth-order valence-corrected chi connectivity index (χ4v) is 4.61. The minimum absolute atomic E-state index is 0.112. The van der Waals surface area contributed by atoms with Crippen molar-refractivity contribution in [2.75, 3.05) is 28.6 Å². The van der Waals surface area contributed by atoms with E-state index in [2.05, 4.69) is 30.7 Å². The number of hydrogen-bond donors (Lipinski definition) is 2. The molecule has 1 amide bonds. The molecule has 0 aliphatic carbocycles. The fourth-order valence-electron chi connectivity index (χ4n) is 4.61. The highest BCUT2D eigenvalue weighted by Crippen LogP contribution is 2.31. The van der Waals surface area contributed by atoms with Crippen molar-refractivity contribution < 1.29 is 9.21 Å². The van der Waals surface area contributed by atoms with E-state index in [-0.39, 0.29) is 11.9 Å². The molecule has 4 aromatic rings. The first kappa shape index (κ1) is 22.0. The van der Waals surface area contributed by atoms with Crippen LogP contribution in [0.5, 0.6) is 0 Å². The summed E-state index contributed by atoms with van der Waals surface area (Å²) in [6.45, 7) is 1.89. The Kier molecular flexibility index (Phi) is 5.87. The van der Waals surface area contributed by atoms with Crippen LogP contribution < -0.4 is 15.5 Å². The van der Waals surface area contributed by atoms with Crippen molar-refractivity contribution in [2.45, 2.75) is 25.4 Å². The van der Waals surface area contributed by atoms with Gasteiger partial charge in [0.15, 0.2) is 0 Å². The number of amides is 1. The van der Waals surface area contributed by atoms with Gasteiger partial charge >= 0.3 is 6.01 Å². The molecule has 1 atom stereocenters. The van der Waals surface area contributed by atoms with Crippen molar-refractivity contribution in [1.29, 1.82) is 0 Å². The largest absolute Gasteiger partial charge is 0.403 e. The van der Waals surface area contributed by atoms with Crippen LogP contribution in [0.2, 0.25) is 0 Å². The van der Waals surface area contributed by atoms with Gasteiger partial charge in [-0.3, -0.25) is 4.79 Å². The zero-order valence-electron chi connectivity index (χ0n) is 19.6. The van der Waals surface area contributed by atoms with Crippen LogP contribution in [0.3, 0.4) is 0 Å². The molecule has 2 aromatic heterocycles. The average molecular weight is 480 g/mol. The molecule has 2 N–H and O–H groups in total. The Labute approximate surface area is 208 Å². The Morgan fingerprint density at radius 2 is 1.67 bits per heavy atom. The zero-order valence-corrected chi connectivity index (χ0v) is 19.6. The van der Waals surface area contributed by atoms with Gasteiger partial charge < -0.3 is 20.0 Å². The average Bonchev–Trinajstić information content (AvgIpc) is 3.35. The number of aromatic nitrogens is 3. The van der Waals surface area contributed by atoms with E-state index in [0.717, 1.165) is 48.4 Å². The second-order valence-electron chi connectivity index (χ2n) is 8.76. The summed E-state index contributed by atoms with van der Waals surface area (Å²) in [4.78, 5) is 24.7. The number of carbonyl (C=O) groups excluding carboxylic acids is 1. The predicted molar refractivity (Wildman–Crippen MR) is 138 cm³/mol. The number of benzene rings is 2. The fraction of sp³-hybridized carbons (Fsp3) is 0.222. The molecule has 0 saturated carbocycles. The van der Waals surface area contributed by atoms with E-state index < -0.39 is 6.17 Å². The van der Waals surface area contributed by atoms with Crippen LogP contribution in [0, 0.1) is 0 Å². The number of piperidine rings is 1. The number of aliphatic imine (C=N–C) groups is 1. The smallest absolute Gasteiger partial charge is 0.317 e.